The molecule has 3 unspecified atom stereocenters. The van der Waals surface area contributed by atoms with Gasteiger partial charge < -0.3 is 30.5 Å². The number of nitriles is 1. The van der Waals surface area contributed by atoms with E-state index >= 15 is 0 Å². The van der Waals surface area contributed by atoms with Crippen LogP contribution in [0.3, 0.4) is 0 Å². The first kappa shape index (κ1) is 27.8. The Balaban J connectivity index is 1.20. The first-order chi connectivity index (χ1) is 19.1. The van der Waals surface area contributed by atoms with Crippen LogP contribution in [0.5, 0.6) is 11.5 Å². The number of phenolic OH excluding ortho intramolecular Hbond substituents is 1. The maximum absolute atomic E-state index is 12.5. The monoisotopic (exact) mass is 548 g/mol. The van der Waals surface area contributed by atoms with Crippen LogP contribution in [0.25, 0.3) is 0 Å². The fraction of sp³-hybridized carbons (Fsp3) is 0.600. The largest absolute Gasteiger partial charge is 0.504 e. The summed E-state index contributed by atoms with van der Waals surface area (Å²) < 4.78 is 10.7. The number of phenols is 1. The zero-order valence-corrected chi connectivity index (χ0v) is 23.8. The Morgan fingerprint density at radius 2 is 1.95 bits per heavy atom. The molecule has 1 aromatic carbocycles. The summed E-state index contributed by atoms with van der Waals surface area (Å²) in [5, 5.41) is 29.4. The summed E-state index contributed by atoms with van der Waals surface area (Å²) in [6, 6.07) is 7.66. The van der Waals surface area contributed by atoms with Crippen molar-refractivity contribution in [2.24, 2.45) is 23.2 Å². The van der Waals surface area contributed by atoms with Crippen LogP contribution >= 0.6 is 0 Å². The van der Waals surface area contributed by atoms with Crippen LogP contribution in [-0.2, 0) is 11.2 Å². The molecule has 40 heavy (non-hydrogen) atoms. The van der Waals surface area contributed by atoms with Gasteiger partial charge in [-0.2, -0.15) is 10.2 Å². The molecule has 4 saturated carbocycles. The lowest BCUT2D eigenvalue weighted by atomic mass is 9.48. The number of benzene rings is 1. The number of rotatable bonds is 9. The van der Waals surface area contributed by atoms with Crippen LogP contribution < -0.4 is 20.7 Å². The molecule has 10 heteroatoms. The maximum atomic E-state index is 12.5. The molecule has 4 aliphatic rings. The number of alkyl carbamates (subject to hydrolysis) is 1. The molecule has 214 valence electrons. The van der Waals surface area contributed by atoms with Crippen molar-refractivity contribution in [3.05, 3.63) is 35.5 Å². The minimum atomic E-state index is -0.510. The zero-order chi connectivity index (χ0) is 28.5. The lowest BCUT2D eigenvalue weighted by Crippen LogP contribution is -2.60. The second kappa shape index (κ2) is 11.0. The number of carbonyl (C=O) groups is 1. The van der Waals surface area contributed by atoms with Crippen LogP contribution in [0, 0.1) is 34.5 Å². The van der Waals surface area contributed by atoms with Gasteiger partial charge in [-0.05, 0) is 100 Å². The topological polar surface area (TPSA) is 141 Å². The van der Waals surface area contributed by atoms with Crippen molar-refractivity contribution >= 4 is 17.9 Å². The minimum Gasteiger partial charge on any atom is -0.504 e. The van der Waals surface area contributed by atoms with E-state index in [4.69, 9.17) is 9.47 Å². The van der Waals surface area contributed by atoms with Crippen molar-refractivity contribution in [3.8, 4) is 17.6 Å². The Morgan fingerprint density at radius 1 is 1.20 bits per heavy atom. The predicted octanol–water partition coefficient (Wildman–Crippen LogP) is 4.85. The summed E-state index contributed by atoms with van der Waals surface area (Å²) in [5.41, 5.74) is 1.05. The lowest BCUT2D eigenvalue weighted by molar-refractivity contribution is -0.0703. The van der Waals surface area contributed by atoms with Gasteiger partial charge in [0.2, 0.25) is 5.95 Å². The van der Waals surface area contributed by atoms with Crippen molar-refractivity contribution < 1.29 is 19.4 Å². The molecule has 0 aliphatic heterocycles. The Kier molecular flexibility index (Phi) is 7.67. The minimum absolute atomic E-state index is 0.110. The number of hydrogen-bond acceptors (Lipinski definition) is 9. The Morgan fingerprint density at radius 3 is 2.62 bits per heavy atom. The molecule has 0 saturated heterocycles. The van der Waals surface area contributed by atoms with Gasteiger partial charge in [0.1, 0.15) is 23.1 Å². The highest BCUT2D eigenvalue weighted by atomic mass is 16.6. The standard InChI is InChI=1S/C30H40N6O4/c1-29(2,3)40-28(38)35-25-20-9-19-10-21(25)14-30(12-19,13-20)17-34-26-22(15-31)16-33-27(36-26)32-8-7-18-5-6-23(37)24(11-18)39-4/h5-6,11,16,19-21,25,37H,7-10,12-14,17H2,1-4H3,(H,35,38)(H2,32,33,34,36)/t19?,20-,21+,25?,30?. The van der Waals surface area contributed by atoms with Crippen LogP contribution in [-0.4, -0.2) is 53.0 Å². The number of anilines is 2. The van der Waals surface area contributed by atoms with E-state index in [1.54, 1.807) is 12.3 Å². The van der Waals surface area contributed by atoms with Crippen molar-refractivity contribution in [2.75, 3.05) is 30.8 Å². The molecule has 2 aromatic rings. The number of aromatic nitrogens is 2. The molecule has 6 rings (SSSR count). The molecule has 1 aromatic heterocycles. The third kappa shape index (κ3) is 6.19. The van der Waals surface area contributed by atoms with Gasteiger partial charge in [0.15, 0.2) is 11.5 Å². The normalized spacial score (nSPS) is 26.6. The molecule has 4 fully saturated rings. The third-order valence-corrected chi connectivity index (χ3v) is 8.56. The number of aromatic hydroxyl groups is 1. The van der Waals surface area contributed by atoms with E-state index in [0.717, 1.165) is 37.8 Å². The molecule has 0 spiro atoms. The number of amides is 1. The first-order valence-corrected chi connectivity index (χ1v) is 14.2. The summed E-state index contributed by atoms with van der Waals surface area (Å²) in [5.74, 6) is 3.11. The fourth-order valence-electron chi connectivity index (χ4n) is 7.24. The molecule has 5 atom stereocenters. The molecular formula is C30H40N6O4. The van der Waals surface area contributed by atoms with Crippen molar-refractivity contribution in [2.45, 2.75) is 70.9 Å². The van der Waals surface area contributed by atoms with Crippen LogP contribution in [0.4, 0.5) is 16.6 Å². The molecule has 4 N–H and O–H groups in total. The maximum Gasteiger partial charge on any atom is 0.407 e. The van der Waals surface area contributed by atoms with Gasteiger partial charge in [0.05, 0.1) is 13.3 Å². The predicted molar refractivity (Wildman–Crippen MR) is 151 cm³/mol. The van der Waals surface area contributed by atoms with Gasteiger partial charge in [-0.25, -0.2) is 9.78 Å². The van der Waals surface area contributed by atoms with Crippen LogP contribution in [0.2, 0.25) is 0 Å². The highest BCUT2D eigenvalue weighted by molar-refractivity contribution is 5.68. The Hall–Kier alpha value is -3.74. The average molecular weight is 549 g/mol. The second-order valence-corrected chi connectivity index (χ2v) is 12.7. The SMILES string of the molecule is COc1cc(CCNc2ncc(C#N)c(NCC34CC5C[C@H](C3)C(NC(=O)OC(C)(C)C)[C@@H](C5)C4)n2)ccc1O. The van der Waals surface area contributed by atoms with E-state index in [9.17, 15) is 15.2 Å². The number of hydrogen-bond donors (Lipinski definition) is 4. The van der Waals surface area contributed by atoms with Gasteiger partial charge in [0, 0.05) is 19.1 Å². The third-order valence-electron chi connectivity index (χ3n) is 8.56. The van der Waals surface area contributed by atoms with Crippen LogP contribution in [0.15, 0.2) is 24.4 Å². The number of nitrogens with zero attached hydrogens (tertiary/aromatic N) is 3. The van der Waals surface area contributed by atoms with Crippen molar-refractivity contribution in [1.82, 2.24) is 15.3 Å². The van der Waals surface area contributed by atoms with Gasteiger partial charge in [0.25, 0.3) is 0 Å². The van der Waals surface area contributed by atoms with Crippen LogP contribution in [0.1, 0.15) is 64.0 Å². The smallest absolute Gasteiger partial charge is 0.407 e. The van der Waals surface area contributed by atoms with E-state index in [1.807, 2.05) is 32.9 Å². The highest BCUT2D eigenvalue weighted by Crippen LogP contribution is 2.60. The van der Waals surface area contributed by atoms with Gasteiger partial charge >= 0.3 is 6.09 Å². The van der Waals surface area contributed by atoms with Crippen molar-refractivity contribution in [3.63, 3.8) is 0 Å². The van der Waals surface area contributed by atoms with E-state index in [0.29, 0.717) is 53.8 Å². The molecule has 4 bridgehead atoms. The molecule has 4 aliphatic carbocycles. The summed E-state index contributed by atoms with van der Waals surface area (Å²) >= 11 is 0. The Bertz CT molecular complexity index is 1270. The van der Waals surface area contributed by atoms with Gasteiger partial charge in [-0.15, -0.1) is 0 Å². The average Bonchev–Trinajstić information content (AvgIpc) is 2.89. The first-order valence-electron chi connectivity index (χ1n) is 14.2. The molecular weight excluding hydrogens is 508 g/mol. The van der Waals surface area contributed by atoms with Gasteiger partial charge in [-0.1, -0.05) is 6.07 Å². The summed E-state index contributed by atoms with van der Waals surface area (Å²) in [6.07, 6.45) is 7.48. The lowest BCUT2D eigenvalue weighted by Gasteiger charge is -2.60. The van der Waals surface area contributed by atoms with E-state index in [-0.39, 0.29) is 23.3 Å². The molecule has 1 heterocycles. The molecule has 0 radical (unpaired) electrons. The number of ether oxygens (including phenoxy) is 2. The van der Waals surface area contributed by atoms with Crippen molar-refractivity contribution in [1.29, 1.82) is 5.26 Å². The second-order valence-electron chi connectivity index (χ2n) is 12.7. The van der Waals surface area contributed by atoms with E-state index in [1.165, 1.54) is 13.5 Å². The summed E-state index contributed by atoms with van der Waals surface area (Å²) in [7, 11) is 1.53. The molecule has 10 nitrogen and oxygen atoms in total. The molecule has 1 amide bonds. The highest BCUT2D eigenvalue weighted by Gasteiger charge is 2.55. The number of nitrogens with one attached hydrogen (secondary N) is 3. The Labute approximate surface area is 235 Å². The van der Waals surface area contributed by atoms with E-state index in [2.05, 4.69) is 32.0 Å². The van der Waals surface area contributed by atoms with E-state index < -0.39 is 5.60 Å². The summed E-state index contributed by atoms with van der Waals surface area (Å²) in [4.78, 5) is 21.5. The number of methoxy groups -OCH3 is 1. The zero-order valence-electron chi connectivity index (χ0n) is 23.8. The number of carbonyl (C=O) groups excluding carboxylic acids is 1. The quantitative estimate of drug-likeness (QED) is 0.346. The fourth-order valence-corrected chi connectivity index (χ4v) is 7.24. The summed E-state index contributed by atoms with van der Waals surface area (Å²) in [6.45, 7) is 7.00. The van der Waals surface area contributed by atoms with Gasteiger partial charge in [-0.3, -0.25) is 0 Å².